The molecule has 0 saturated heterocycles. The van der Waals surface area contributed by atoms with Crippen LogP contribution in [0.1, 0.15) is 12.5 Å². The van der Waals surface area contributed by atoms with Gasteiger partial charge < -0.3 is 10.5 Å². The van der Waals surface area contributed by atoms with Crippen LogP contribution < -0.4 is 10.5 Å². The predicted molar refractivity (Wildman–Crippen MR) is 52.2 cm³/mol. The Morgan fingerprint density at radius 2 is 2.29 bits per heavy atom. The molecule has 1 aromatic carbocycles. The molecule has 76 valence electrons. The highest BCUT2D eigenvalue weighted by Gasteiger charge is 2.13. The molecule has 0 spiro atoms. The number of rotatable bonds is 4. The Hall–Kier alpha value is -1.62. The summed E-state index contributed by atoms with van der Waals surface area (Å²) < 4.78 is 5.15. The maximum absolute atomic E-state index is 10.6. The Balaban J connectivity index is 3.07. The maximum atomic E-state index is 10.6. The maximum Gasteiger partial charge on any atom is 0.277 e. The first-order chi connectivity index (χ1) is 6.69. The molecule has 1 rings (SSSR count). The van der Waals surface area contributed by atoms with Gasteiger partial charge in [0.25, 0.3) is 5.69 Å². The minimum Gasteiger partial charge on any atom is -0.494 e. The molecule has 0 aliphatic carbocycles. The fourth-order valence-electron chi connectivity index (χ4n) is 1.14. The van der Waals surface area contributed by atoms with Crippen molar-refractivity contribution in [3.63, 3.8) is 0 Å². The van der Waals surface area contributed by atoms with Crippen molar-refractivity contribution < 1.29 is 9.66 Å². The van der Waals surface area contributed by atoms with Crippen LogP contribution in [0.5, 0.6) is 5.75 Å². The minimum atomic E-state index is -0.454. The van der Waals surface area contributed by atoms with E-state index in [1.165, 1.54) is 6.07 Å². The van der Waals surface area contributed by atoms with Crippen molar-refractivity contribution in [3.8, 4) is 5.75 Å². The fraction of sp³-hybridized carbons (Fsp3) is 0.333. The normalized spacial score (nSPS) is 9.86. The largest absolute Gasteiger partial charge is 0.494 e. The van der Waals surface area contributed by atoms with Gasteiger partial charge >= 0.3 is 0 Å². The number of hydrogen-bond acceptors (Lipinski definition) is 4. The first-order valence-corrected chi connectivity index (χ1v) is 4.29. The number of nitrogens with two attached hydrogens (primary N) is 1. The highest BCUT2D eigenvalue weighted by atomic mass is 16.6. The van der Waals surface area contributed by atoms with E-state index in [2.05, 4.69) is 0 Å². The van der Waals surface area contributed by atoms with E-state index in [-0.39, 0.29) is 12.2 Å². The molecular formula is C9H12N2O3. The molecule has 0 heterocycles. The summed E-state index contributed by atoms with van der Waals surface area (Å²) in [6, 6.07) is 4.69. The monoisotopic (exact) mass is 196 g/mol. The van der Waals surface area contributed by atoms with Crippen molar-refractivity contribution in [3.05, 3.63) is 33.9 Å². The van der Waals surface area contributed by atoms with Crippen molar-refractivity contribution in [2.24, 2.45) is 5.73 Å². The summed E-state index contributed by atoms with van der Waals surface area (Å²) in [6.45, 7) is 2.46. The van der Waals surface area contributed by atoms with Crippen LogP contribution in [-0.4, -0.2) is 11.5 Å². The average molecular weight is 196 g/mol. The van der Waals surface area contributed by atoms with Crippen molar-refractivity contribution in [2.45, 2.75) is 13.5 Å². The van der Waals surface area contributed by atoms with Gasteiger partial charge in [0.15, 0.2) is 0 Å². The van der Waals surface area contributed by atoms with Gasteiger partial charge in [0, 0.05) is 12.1 Å². The number of hydrogen-bond donors (Lipinski definition) is 1. The van der Waals surface area contributed by atoms with E-state index in [4.69, 9.17) is 10.5 Å². The van der Waals surface area contributed by atoms with Crippen molar-refractivity contribution in [1.29, 1.82) is 0 Å². The van der Waals surface area contributed by atoms with Crippen molar-refractivity contribution >= 4 is 5.69 Å². The lowest BCUT2D eigenvalue weighted by Gasteiger charge is -2.04. The second-order valence-corrected chi connectivity index (χ2v) is 2.68. The molecular weight excluding hydrogens is 184 g/mol. The molecule has 0 atom stereocenters. The Bertz CT molecular complexity index is 339. The van der Waals surface area contributed by atoms with Gasteiger partial charge in [0.05, 0.1) is 17.6 Å². The van der Waals surface area contributed by atoms with Crippen LogP contribution in [-0.2, 0) is 6.54 Å². The third-order valence-electron chi connectivity index (χ3n) is 1.78. The van der Waals surface area contributed by atoms with Gasteiger partial charge in [-0.05, 0) is 19.1 Å². The molecule has 0 aromatic heterocycles. The van der Waals surface area contributed by atoms with E-state index in [0.717, 1.165) is 0 Å². The molecule has 5 heteroatoms. The first-order valence-electron chi connectivity index (χ1n) is 4.29. The summed E-state index contributed by atoms with van der Waals surface area (Å²) in [5.41, 5.74) is 5.89. The van der Waals surface area contributed by atoms with Gasteiger partial charge in [-0.1, -0.05) is 0 Å². The molecule has 0 aliphatic rings. The fourth-order valence-corrected chi connectivity index (χ4v) is 1.14. The van der Waals surface area contributed by atoms with Crippen LogP contribution in [0, 0.1) is 10.1 Å². The lowest BCUT2D eigenvalue weighted by atomic mass is 10.2. The molecule has 0 saturated carbocycles. The lowest BCUT2D eigenvalue weighted by Crippen LogP contribution is -2.02. The summed E-state index contributed by atoms with van der Waals surface area (Å²) in [4.78, 5) is 10.2. The second kappa shape index (κ2) is 4.57. The van der Waals surface area contributed by atoms with Crippen LogP contribution >= 0.6 is 0 Å². The van der Waals surface area contributed by atoms with Gasteiger partial charge in [-0.3, -0.25) is 10.1 Å². The Kier molecular flexibility index (Phi) is 3.41. The summed E-state index contributed by atoms with van der Waals surface area (Å²) in [5, 5.41) is 10.6. The summed E-state index contributed by atoms with van der Waals surface area (Å²) >= 11 is 0. The Morgan fingerprint density at radius 1 is 1.57 bits per heavy atom. The van der Waals surface area contributed by atoms with Crippen LogP contribution in [0.3, 0.4) is 0 Å². The predicted octanol–water partition coefficient (Wildman–Crippen LogP) is 1.45. The molecule has 5 nitrogen and oxygen atoms in total. The third-order valence-corrected chi connectivity index (χ3v) is 1.78. The van der Waals surface area contributed by atoms with Crippen molar-refractivity contribution in [2.75, 3.05) is 6.61 Å². The van der Waals surface area contributed by atoms with Crippen molar-refractivity contribution in [1.82, 2.24) is 0 Å². The smallest absolute Gasteiger partial charge is 0.277 e. The van der Waals surface area contributed by atoms with E-state index in [0.29, 0.717) is 17.9 Å². The number of ether oxygens (including phenoxy) is 1. The standard InChI is InChI=1S/C9H12N2O3/c1-2-14-8-4-3-7(6-10)9(5-8)11(12)13/h3-5H,2,6,10H2,1H3. The van der Waals surface area contributed by atoms with Gasteiger partial charge in [0.1, 0.15) is 5.75 Å². The van der Waals surface area contributed by atoms with E-state index < -0.39 is 4.92 Å². The Morgan fingerprint density at radius 3 is 2.79 bits per heavy atom. The Labute approximate surface area is 81.6 Å². The van der Waals surface area contributed by atoms with Crippen LogP contribution in [0.15, 0.2) is 18.2 Å². The van der Waals surface area contributed by atoms with E-state index in [1.54, 1.807) is 12.1 Å². The molecule has 0 fully saturated rings. The lowest BCUT2D eigenvalue weighted by molar-refractivity contribution is -0.385. The van der Waals surface area contributed by atoms with Crippen LogP contribution in [0.2, 0.25) is 0 Å². The molecule has 2 N–H and O–H groups in total. The molecule has 0 aliphatic heterocycles. The topological polar surface area (TPSA) is 78.4 Å². The van der Waals surface area contributed by atoms with Crippen LogP contribution in [0.4, 0.5) is 5.69 Å². The summed E-state index contributed by atoms with van der Waals surface area (Å²) in [7, 11) is 0. The van der Waals surface area contributed by atoms with Gasteiger partial charge in [0.2, 0.25) is 0 Å². The van der Waals surface area contributed by atoms with E-state index >= 15 is 0 Å². The summed E-state index contributed by atoms with van der Waals surface area (Å²) in [6.07, 6.45) is 0. The SMILES string of the molecule is CCOc1ccc(CN)c([N+](=O)[O-])c1. The number of nitro benzene ring substituents is 1. The number of nitro groups is 1. The quantitative estimate of drug-likeness (QED) is 0.584. The van der Waals surface area contributed by atoms with Gasteiger partial charge in [-0.15, -0.1) is 0 Å². The highest BCUT2D eigenvalue weighted by molar-refractivity contribution is 5.45. The number of nitrogens with zero attached hydrogens (tertiary/aromatic N) is 1. The molecule has 1 aromatic rings. The van der Waals surface area contributed by atoms with E-state index in [1.807, 2.05) is 6.92 Å². The minimum absolute atomic E-state index is 0.0125. The molecule has 0 bridgehead atoms. The average Bonchev–Trinajstić information content (AvgIpc) is 2.18. The second-order valence-electron chi connectivity index (χ2n) is 2.68. The van der Waals surface area contributed by atoms with Crippen LogP contribution in [0.25, 0.3) is 0 Å². The molecule has 14 heavy (non-hydrogen) atoms. The molecule has 0 amide bonds. The molecule has 0 unspecified atom stereocenters. The zero-order chi connectivity index (χ0) is 10.6. The highest BCUT2D eigenvalue weighted by Crippen LogP contribution is 2.24. The van der Waals surface area contributed by atoms with E-state index in [9.17, 15) is 10.1 Å². The first kappa shape index (κ1) is 10.5. The summed E-state index contributed by atoms with van der Waals surface area (Å²) in [5.74, 6) is 0.497. The third kappa shape index (κ3) is 2.20. The zero-order valence-corrected chi connectivity index (χ0v) is 7.90. The zero-order valence-electron chi connectivity index (χ0n) is 7.90. The van der Waals surface area contributed by atoms with Gasteiger partial charge in [-0.25, -0.2) is 0 Å². The number of benzene rings is 1. The van der Waals surface area contributed by atoms with Gasteiger partial charge in [-0.2, -0.15) is 0 Å². The molecule has 0 radical (unpaired) electrons.